The fourth-order valence-corrected chi connectivity index (χ4v) is 2.37. The number of hydrogen-bond donors (Lipinski definition) is 0. The van der Waals surface area contributed by atoms with E-state index >= 15 is 0 Å². The number of rotatable bonds is 5. The van der Waals surface area contributed by atoms with Crippen molar-refractivity contribution < 1.29 is 4.79 Å². The van der Waals surface area contributed by atoms with Crippen molar-refractivity contribution >= 4 is 27.9 Å². The number of carbonyl (C=O) groups excluding carboxylic acids is 1. The maximum absolute atomic E-state index is 11.0. The van der Waals surface area contributed by atoms with Crippen molar-refractivity contribution in [3.63, 3.8) is 0 Å². The first-order valence-corrected chi connectivity index (χ1v) is 7.55. The van der Waals surface area contributed by atoms with E-state index in [4.69, 9.17) is 0 Å². The molecule has 4 heteroatoms. The Morgan fingerprint density at radius 3 is 2.89 bits per heavy atom. The molecule has 100 valence electrons. The van der Waals surface area contributed by atoms with Crippen LogP contribution < -0.4 is 0 Å². The van der Waals surface area contributed by atoms with Gasteiger partial charge in [-0.3, -0.25) is 9.78 Å². The molecule has 19 heavy (non-hydrogen) atoms. The number of benzene rings is 1. The summed E-state index contributed by atoms with van der Waals surface area (Å²) < 4.78 is 0. The van der Waals surface area contributed by atoms with E-state index in [1.165, 1.54) is 30.2 Å². The third-order valence-electron chi connectivity index (χ3n) is 2.90. The number of thioether (sulfide) groups is 1. The number of hydrogen-bond acceptors (Lipinski definition) is 4. The van der Waals surface area contributed by atoms with Crippen molar-refractivity contribution in [3.8, 4) is 0 Å². The smallest absolute Gasteiger partial charge is 0.186 e. The van der Waals surface area contributed by atoms with E-state index in [2.05, 4.69) is 29.0 Å². The third kappa shape index (κ3) is 4.03. The Balaban J connectivity index is 2.21. The second-order valence-corrected chi connectivity index (χ2v) is 5.72. The molecule has 0 radical (unpaired) electrons. The lowest BCUT2D eigenvalue weighted by Gasteiger charge is -2.04. The standard InChI is InChI=1S/C15H18N2OS/c1-3-4-5-12-6-7-14-15(8-12)17-13(9-16-14)10-19-11(2)18/h6-9H,3-5,10H2,1-2H3. The van der Waals surface area contributed by atoms with Crippen LogP contribution >= 0.6 is 11.8 Å². The molecule has 0 aliphatic carbocycles. The number of aryl methyl sites for hydroxylation is 1. The van der Waals surface area contributed by atoms with Gasteiger partial charge in [0.15, 0.2) is 5.12 Å². The van der Waals surface area contributed by atoms with Gasteiger partial charge in [-0.05, 0) is 30.5 Å². The molecule has 3 nitrogen and oxygen atoms in total. The maximum Gasteiger partial charge on any atom is 0.186 e. The minimum absolute atomic E-state index is 0.110. The lowest BCUT2D eigenvalue weighted by molar-refractivity contribution is -0.109. The van der Waals surface area contributed by atoms with E-state index < -0.39 is 0 Å². The van der Waals surface area contributed by atoms with Crippen molar-refractivity contribution in [3.05, 3.63) is 35.7 Å². The van der Waals surface area contributed by atoms with Gasteiger partial charge in [0.25, 0.3) is 0 Å². The van der Waals surface area contributed by atoms with Crippen LogP contribution in [0.5, 0.6) is 0 Å². The van der Waals surface area contributed by atoms with Crippen LogP contribution in [-0.2, 0) is 17.0 Å². The second-order valence-electron chi connectivity index (χ2n) is 4.57. The van der Waals surface area contributed by atoms with Crippen LogP contribution in [-0.4, -0.2) is 15.1 Å². The zero-order valence-corrected chi connectivity index (χ0v) is 12.2. The lowest BCUT2D eigenvalue weighted by Crippen LogP contribution is -1.94. The first-order valence-electron chi connectivity index (χ1n) is 6.57. The molecule has 0 fully saturated rings. The summed E-state index contributed by atoms with van der Waals surface area (Å²) in [4.78, 5) is 19.9. The van der Waals surface area contributed by atoms with Crippen molar-refractivity contribution in [2.75, 3.05) is 0 Å². The molecule has 0 saturated heterocycles. The highest BCUT2D eigenvalue weighted by molar-refractivity contribution is 8.12. The Labute approximate surface area is 117 Å². The van der Waals surface area contributed by atoms with Gasteiger partial charge in [-0.25, -0.2) is 4.98 Å². The monoisotopic (exact) mass is 274 g/mol. The van der Waals surface area contributed by atoms with Gasteiger partial charge in [0.1, 0.15) is 0 Å². The van der Waals surface area contributed by atoms with Crippen LogP contribution in [0.1, 0.15) is 37.9 Å². The van der Waals surface area contributed by atoms with Crippen LogP contribution in [0.25, 0.3) is 11.0 Å². The molecule has 0 unspecified atom stereocenters. The summed E-state index contributed by atoms with van der Waals surface area (Å²) in [5.41, 5.74) is 4.01. The summed E-state index contributed by atoms with van der Waals surface area (Å²) in [6, 6.07) is 6.26. The lowest BCUT2D eigenvalue weighted by atomic mass is 10.1. The fraction of sp³-hybridized carbons (Fsp3) is 0.400. The molecule has 2 aromatic rings. The molecular formula is C15H18N2OS. The molecule has 0 spiro atoms. The SMILES string of the molecule is CCCCc1ccc2ncc(CSC(C)=O)nc2c1. The predicted octanol–water partition coefficient (Wildman–Crippen LogP) is 3.75. The van der Waals surface area contributed by atoms with E-state index in [1.807, 2.05) is 6.07 Å². The number of nitrogens with zero attached hydrogens (tertiary/aromatic N) is 2. The van der Waals surface area contributed by atoms with Crippen LogP contribution in [0.3, 0.4) is 0 Å². The molecule has 1 aromatic carbocycles. The van der Waals surface area contributed by atoms with E-state index in [9.17, 15) is 4.79 Å². The molecule has 0 bridgehead atoms. The maximum atomic E-state index is 11.0. The fourth-order valence-electron chi connectivity index (χ4n) is 1.88. The van der Waals surface area contributed by atoms with E-state index in [0.29, 0.717) is 5.75 Å². The van der Waals surface area contributed by atoms with E-state index in [1.54, 1.807) is 13.1 Å². The Morgan fingerprint density at radius 2 is 2.16 bits per heavy atom. The summed E-state index contributed by atoms with van der Waals surface area (Å²) in [5, 5.41) is 0.110. The Hall–Kier alpha value is -1.42. The summed E-state index contributed by atoms with van der Waals surface area (Å²) in [5.74, 6) is 0.595. The van der Waals surface area contributed by atoms with Crippen molar-refractivity contribution in [2.45, 2.75) is 38.9 Å². The quantitative estimate of drug-likeness (QED) is 0.832. The van der Waals surface area contributed by atoms with Crippen LogP contribution in [0, 0.1) is 0 Å². The predicted molar refractivity (Wildman–Crippen MR) is 80.1 cm³/mol. The number of carbonyl (C=O) groups is 1. The van der Waals surface area contributed by atoms with Gasteiger partial charge < -0.3 is 0 Å². The molecule has 0 amide bonds. The van der Waals surface area contributed by atoms with Gasteiger partial charge in [0.05, 0.1) is 16.7 Å². The molecular weight excluding hydrogens is 256 g/mol. The minimum atomic E-state index is 0.110. The number of aromatic nitrogens is 2. The molecule has 0 N–H and O–H groups in total. The zero-order chi connectivity index (χ0) is 13.7. The Bertz CT molecular complexity index is 583. The highest BCUT2D eigenvalue weighted by Crippen LogP contribution is 2.16. The highest BCUT2D eigenvalue weighted by atomic mass is 32.2. The van der Waals surface area contributed by atoms with Crippen molar-refractivity contribution in [2.24, 2.45) is 0 Å². The normalized spacial score (nSPS) is 10.8. The first kappa shape index (κ1) is 14.0. The number of fused-ring (bicyclic) bond motifs is 1. The zero-order valence-electron chi connectivity index (χ0n) is 11.3. The van der Waals surface area contributed by atoms with E-state index in [-0.39, 0.29) is 5.12 Å². The van der Waals surface area contributed by atoms with Gasteiger partial charge in [0, 0.05) is 18.9 Å². The van der Waals surface area contributed by atoms with Crippen LogP contribution in [0.2, 0.25) is 0 Å². The molecule has 0 aliphatic heterocycles. The first-order chi connectivity index (χ1) is 9.19. The van der Waals surface area contributed by atoms with Crippen LogP contribution in [0.15, 0.2) is 24.4 Å². The summed E-state index contributed by atoms with van der Waals surface area (Å²) >= 11 is 1.27. The highest BCUT2D eigenvalue weighted by Gasteiger charge is 2.03. The molecule has 1 aromatic heterocycles. The Kier molecular flexibility index (Phi) is 4.91. The molecule has 2 rings (SSSR count). The molecule has 0 atom stereocenters. The summed E-state index contributed by atoms with van der Waals surface area (Å²) in [6.07, 6.45) is 5.22. The van der Waals surface area contributed by atoms with Gasteiger partial charge in [-0.1, -0.05) is 31.2 Å². The molecule has 0 aliphatic rings. The number of unbranched alkanes of at least 4 members (excludes halogenated alkanes) is 1. The van der Waals surface area contributed by atoms with Crippen molar-refractivity contribution in [1.29, 1.82) is 0 Å². The van der Waals surface area contributed by atoms with Gasteiger partial charge in [-0.2, -0.15) is 0 Å². The van der Waals surface area contributed by atoms with Gasteiger partial charge in [-0.15, -0.1) is 0 Å². The van der Waals surface area contributed by atoms with E-state index in [0.717, 1.165) is 23.1 Å². The average Bonchev–Trinajstić information content (AvgIpc) is 2.42. The van der Waals surface area contributed by atoms with Crippen LogP contribution in [0.4, 0.5) is 0 Å². The average molecular weight is 274 g/mol. The molecule has 0 saturated carbocycles. The summed E-state index contributed by atoms with van der Waals surface area (Å²) in [7, 11) is 0. The van der Waals surface area contributed by atoms with Crippen molar-refractivity contribution in [1.82, 2.24) is 9.97 Å². The molecule has 1 heterocycles. The topological polar surface area (TPSA) is 42.9 Å². The summed E-state index contributed by atoms with van der Waals surface area (Å²) in [6.45, 7) is 3.76. The van der Waals surface area contributed by atoms with Gasteiger partial charge >= 0.3 is 0 Å². The third-order valence-corrected chi connectivity index (χ3v) is 3.75. The van der Waals surface area contributed by atoms with Gasteiger partial charge in [0.2, 0.25) is 0 Å². The Morgan fingerprint density at radius 1 is 1.32 bits per heavy atom. The second kappa shape index (κ2) is 6.66. The minimum Gasteiger partial charge on any atom is -0.288 e. The largest absolute Gasteiger partial charge is 0.288 e.